The first kappa shape index (κ1) is 18.9. The topological polar surface area (TPSA) is 80.6 Å². The van der Waals surface area contributed by atoms with Gasteiger partial charge in [-0.15, -0.1) is 0 Å². The van der Waals surface area contributed by atoms with Gasteiger partial charge < -0.3 is 19.8 Å². The molecule has 6 nitrogen and oxygen atoms in total. The van der Waals surface area contributed by atoms with Crippen molar-refractivity contribution in [3.05, 3.63) is 82.2 Å². The summed E-state index contributed by atoms with van der Waals surface area (Å²) in [6.45, 7) is 0.394. The maximum absolute atomic E-state index is 12.6. The summed E-state index contributed by atoms with van der Waals surface area (Å²) in [5.74, 6) is -0.510. The Morgan fingerprint density at radius 2 is 1.81 bits per heavy atom. The van der Waals surface area contributed by atoms with Gasteiger partial charge in [0.05, 0.1) is 6.61 Å². The fourth-order valence-electron chi connectivity index (χ4n) is 2.49. The Morgan fingerprint density at radius 1 is 1.00 bits per heavy atom. The van der Waals surface area contributed by atoms with E-state index in [1.807, 2.05) is 24.3 Å². The SMILES string of the molecule is COCc1ccccc1NC(=O)c1cccc(NC(=O)c2ccc(Br)o2)c1. The summed E-state index contributed by atoms with van der Waals surface area (Å²) in [5, 5.41) is 5.58. The van der Waals surface area contributed by atoms with Crippen molar-refractivity contribution in [3.8, 4) is 0 Å². The molecule has 0 bridgehead atoms. The first-order chi connectivity index (χ1) is 13.1. The number of halogens is 1. The third kappa shape index (κ3) is 4.84. The quantitative estimate of drug-likeness (QED) is 0.596. The molecule has 0 spiro atoms. The number of anilines is 2. The van der Waals surface area contributed by atoms with E-state index in [0.717, 1.165) is 5.56 Å². The number of ether oxygens (including phenoxy) is 1. The number of carbonyl (C=O) groups is 2. The summed E-state index contributed by atoms with van der Waals surface area (Å²) in [4.78, 5) is 24.8. The zero-order chi connectivity index (χ0) is 19.2. The molecule has 3 rings (SSSR count). The molecule has 7 heteroatoms. The summed E-state index contributed by atoms with van der Waals surface area (Å²) >= 11 is 3.16. The predicted molar refractivity (Wildman–Crippen MR) is 106 cm³/mol. The molecule has 0 fully saturated rings. The Hall–Kier alpha value is -2.90. The Labute approximate surface area is 164 Å². The van der Waals surface area contributed by atoms with E-state index in [0.29, 0.717) is 28.2 Å². The van der Waals surface area contributed by atoms with Crippen molar-refractivity contribution >= 4 is 39.1 Å². The van der Waals surface area contributed by atoms with E-state index in [1.165, 1.54) is 0 Å². The van der Waals surface area contributed by atoms with Crippen molar-refractivity contribution in [2.45, 2.75) is 6.61 Å². The molecular formula is C20H17BrN2O4. The minimum absolute atomic E-state index is 0.172. The fourth-order valence-corrected chi connectivity index (χ4v) is 2.79. The fraction of sp³-hybridized carbons (Fsp3) is 0.100. The molecule has 3 aromatic rings. The van der Waals surface area contributed by atoms with Crippen LogP contribution in [0.5, 0.6) is 0 Å². The summed E-state index contributed by atoms with van der Waals surface area (Å²) in [6, 6.07) is 17.3. The van der Waals surface area contributed by atoms with Crippen molar-refractivity contribution in [1.82, 2.24) is 0 Å². The highest BCUT2D eigenvalue weighted by Gasteiger charge is 2.13. The number of para-hydroxylation sites is 1. The second-order valence-corrected chi connectivity index (χ2v) is 6.46. The average Bonchev–Trinajstić information content (AvgIpc) is 3.10. The van der Waals surface area contributed by atoms with Crippen molar-refractivity contribution in [1.29, 1.82) is 0 Å². The van der Waals surface area contributed by atoms with Crippen LogP contribution in [-0.2, 0) is 11.3 Å². The molecule has 0 atom stereocenters. The van der Waals surface area contributed by atoms with E-state index in [4.69, 9.17) is 9.15 Å². The summed E-state index contributed by atoms with van der Waals surface area (Å²) in [7, 11) is 1.60. The Bertz CT molecular complexity index is 968. The summed E-state index contributed by atoms with van der Waals surface area (Å²) in [5.41, 5.74) is 2.46. The highest BCUT2D eigenvalue weighted by Crippen LogP contribution is 2.19. The van der Waals surface area contributed by atoms with E-state index in [9.17, 15) is 9.59 Å². The lowest BCUT2D eigenvalue weighted by Crippen LogP contribution is -2.15. The van der Waals surface area contributed by atoms with Crippen LogP contribution in [0.2, 0.25) is 0 Å². The van der Waals surface area contributed by atoms with Crippen molar-refractivity contribution < 1.29 is 18.7 Å². The van der Waals surface area contributed by atoms with Gasteiger partial charge in [-0.05, 0) is 52.3 Å². The number of furan rings is 1. The van der Waals surface area contributed by atoms with Gasteiger partial charge in [0.15, 0.2) is 10.4 Å². The van der Waals surface area contributed by atoms with Gasteiger partial charge in [-0.2, -0.15) is 0 Å². The first-order valence-electron chi connectivity index (χ1n) is 8.12. The third-order valence-electron chi connectivity index (χ3n) is 3.75. The molecule has 0 aliphatic rings. The van der Waals surface area contributed by atoms with Crippen LogP contribution in [-0.4, -0.2) is 18.9 Å². The maximum Gasteiger partial charge on any atom is 0.291 e. The van der Waals surface area contributed by atoms with Crippen LogP contribution in [0.3, 0.4) is 0 Å². The van der Waals surface area contributed by atoms with Crippen molar-refractivity contribution in [2.24, 2.45) is 0 Å². The van der Waals surface area contributed by atoms with E-state index in [-0.39, 0.29) is 11.7 Å². The Balaban J connectivity index is 1.73. The largest absolute Gasteiger partial charge is 0.444 e. The lowest BCUT2D eigenvalue weighted by Gasteiger charge is -2.11. The van der Waals surface area contributed by atoms with Crippen LogP contribution in [0.1, 0.15) is 26.5 Å². The van der Waals surface area contributed by atoms with Crippen LogP contribution in [0.25, 0.3) is 0 Å². The van der Waals surface area contributed by atoms with Crippen LogP contribution in [0.4, 0.5) is 11.4 Å². The molecule has 2 aromatic carbocycles. The molecule has 27 heavy (non-hydrogen) atoms. The lowest BCUT2D eigenvalue weighted by molar-refractivity contribution is 0.0992. The Kier molecular flexibility index (Phi) is 6.05. The number of nitrogens with one attached hydrogen (secondary N) is 2. The van der Waals surface area contributed by atoms with E-state index in [2.05, 4.69) is 26.6 Å². The van der Waals surface area contributed by atoms with Gasteiger partial charge in [-0.3, -0.25) is 9.59 Å². The number of hydrogen-bond donors (Lipinski definition) is 2. The number of benzene rings is 2. The zero-order valence-corrected chi connectivity index (χ0v) is 16.1. The molecule has 0 aliphatic heterocycles. The van der Waals surface area contributed by atoms with E-state index in [1.54, 1.807) is 43.5 Å². The van der Waals surface area contributed by atoms with Gasteiger partial charge in [0.25, 0.3) is 11.8 Å². The smallest absolute Gasteiger partial charge is 0.291 e. The highest BCUT2D eigenvalue weighted by atomic mass is 79.9. The van der Waals surface area contributed by atoms with Gasteiger partial charge in [0, 0.05) is 29.6 Å². The molecule has 138 valence electrons. The number of methoxy groups -OCH3 is 1. The van der Waals surface area contributed by atoms with Crippen LogP contribution in [0.15, 0.2) is 69.8 Å². The number of amides is 2. The van der Waals surface area contributed by atoms with Gasteiger partial charge in [-0.1, -0.05) is 24.3 Å². The van der Waals surface area contributed by atoms with Crippen LogP contribution in [0, 0.1) is 0 Å². The standard InChI is InChI=1S/C20H17BrN2O4/c1-26-12-14-5-2-3-8-16(14)23-19(24)13-6-4-7-15(11-13)22-20(25)17-9-10-18(21)27-17/h2-11H,12H2,1H3,(H,22,25)(H,23,24). The molecule has 2 N–H and O–H groups in total. The second kappa shape index (κ2) is 8.66. The molecular weight excluding hydrogens is 412 g/mol. The molecule has 0 saturated carbocycles. The molecule has 1 aromatic heterocycles. The Morgan fingerprint density at radius 3 is 2.56 bits per heavy atom. The highest BCUT2D eigenvalue weighted by molar-refractivity contribution is 9.10. The van der Waals surface area contributed by atoms with Gasteiger partial charge >= 0.3 is 0 Å². The molecule has 1 heterocycles. The molecule has 0 unspecified atom stereocenters. The number of rotatable bonds is 6. The molecule has 0 saturated heterocycles. The predicted octanol–water partition coefficient (Wildman–Crippen LogP) is 4.69. The second-order valence-electron chi connectivity index (χ2n) is 5.68. The normalized spacial score (nSPS) is 10.4. The zero-order valence-electron chi connectivity index (χ0n) is 14.5. The van der Waals surface area contributed by atoms with Gasteiger partial charge in [-0.25, -0.2) is 0 Å². The average molecular weight is 429 g/mol. The van der Waals surface area contributed by atoms with Crippen molar-refractivity contribution in [3.63, 3.8) is 0 Å². The van der Waals surface area contributed by atoms with E-state index >= 15 is 0 Å². The van der Waals surface area contributed by atoms with Crippen LogP contribution < -0.4 is 10.6 Å². The summed E-state index contributed by atoms with van der Waals surface area (Å²) < 4.78 is 10.8. The monoisotopic (exact) mass is 428 g/mol. The number of hydrogen-bond acceptors (Lipinski definition) is 4. The van der Waals surface area contributed by atoms with Gasteiger partial charge in [0.2, 0.25) is 0 Å². The minimum Gasteiger partial charge on any atom is -0.444 e. The lowest BCUT2D eigenvalue weighted by atomic mass is 10.1. The number of carbonyl (C=O) groups excluding carboxylic acids is 2. The molecule has 0 aliphatic carbocycles. The maximum atomic E-state index is 12.6. The molecule has 0 radical (unpaired) electrons. The molecule has 2 amide bonds. The van der Waals surface area contributed by atoms with E-state index < -0.39 is 5.91 Å². The summed E-state index contributed by atoms with van der Waals surface area (Å²) in [6.07, 6.45) is 0. The van der Waals surface area contributed by atoms with Crippen LogP contribution >= 0.6 is 15.9 Å². The van der Waals surface area contributed by atoms with Crippen molar-refractivity contribution in [2.75, 3.05) is 17.7 Å². The third-order valence-corrected chi connectivity index (χ3v) is 4.17. The minimum atomic E-state index is -0.399. The van der Waals surface area contributed by atoms with Gasteiger partial charge in [0.1, 0.15) is 0 Å². The first-order valence-corrected chi connectivity index (χ1v) is 8.91.